The van der Waals surface area contributed by atoms with Crippen molar-refractivity contribution in [1.82, 2.24) is 40.4 Å². The molecule has 0 amide bonds. The van der Waals surface area contributed by atoms with Crippen LogP contribution in [0.15, 0.2) is 78.9 Å². The zero-order valence-corrected chi connectivity index (χ0v) is 23.3. The van der Waals surface area contributed by atoms with E-state index < -0.39 is 5.97 Å². The SMILES string of the molecule is CC(C)(C)Cc1nc2c(OC(=O)c3ccccc3)nnc(O)c2n1Cc1ccc(-c2ccccc2-c2nnn[nH]2)cc1. The summed E-state index contributed by atoms with van der Waals surface area (Å²) in [5, 5.41) is 33.0. The number of benzene rings is 3. The van der Waals surface area contributed by atoms with Crippen molar-refractivity contribution in [1.29, 1.82) is 0 Å². The topological polar surface area (TPSA) is 145 Å². The number of rotatable bonds is 7. The molecule has 3 heterocycles. The first kappa shape index (κ1) is 26.8. The number of fused-ring (bicyclic) bond motifs is 1. The summed E-state index contributed by atoms with van der Waals surface area (Å²) in [5.74, 6) is 0.377. The van der Waals surface area contributed by atoms with E-state index in [1.807, 2.05) is 59.2 Å². The highest BCUT2D eigenvalue weighted by Crippen LogP contribution is 2.34. The van der Waals surface area contributed by atoms with Crippen molar-refractivity contribution >= 4 is 17.0 Å². The third kappa shape index (κ3) is 5.44. The molecule has 0 unspecified atom stereocenters. The van der Waals surface area contributed by atoms with E-state index >= 15 is 0 Å². The first-order chi connectivity index (χ1) is 20.3. The largest absolute Gasteiger partial charge is 0.491 e. The van der Waals surface area contributed by atoms with Crippen molar-refractivity contribution in [3.63, 3.8) is 0 Å². The fraction of sp³-hybridized carbons (Fsp3) is 0.194. The molecule has 11 heteroatoms. The van der Waals surface area contributed by atoms with E-state index in [0.717, 1.165) is 22.3 Å². The van der Waals surface area contributed by atoms with Crippen LogP contribution in [0.5, 0.6) is 11.8 Å². The molecular weight excluding hydrogens is 532 g/mol. The Hall–Kier alpha value is -5.45. The van der Waals surface area contributed by atoms with Crippen molar-refractivity contribution in [2.45, 2.75) is 33.7 Å². The fourth-order valence-corrected chi connectivity index (χ4v) is 4.82. The van der Waals surface area contributed by atoms with E-state index in [4.69, 9.17) is 9.72 Å². The van der Waals surface area contributed by atoms with Gasteiger partial charge in [-0.05, 0) is 44.7 Å². The van der Waals surface area contributed by atoms with Gasteiger partial charge in [0.1, 0.15) is 11.3 Å². The van der Waals surface area contributed by atoms with E-state index in [2.05, 4.69) is 51.6 Å². The molecule has 210 valence electrons. The molecule has 0 bridgehead atoms. The lowest BCUT2D eigenvalue weighted by atomic mass is 9.92. The van der Waals surface area contributed by atoms with Crippen molar-refractivity contribution in [3.05, 3.63) is 95.8 Å². The molecule has 42 heavy (non-hydrogen) atoms. The van der Waals surface area contributed by atoms with Crippen LogP contribution in [0, 0.1) is 5.41 Å². The Bertz CT molecular complexity index is 1860. The maximum Gasteiger partial charge on any atom is 0.344 e. The van der Waals surface area contributed by atoms with Crippen LogP contribution in [0.1, 0.15) is 42.5 Å². The van der Waals surface area contributed by atoms with Crippen LogP contribution in [-0.2, 0) is 13.0 Å². The summed E-state index contributed by atoms with van der Waals surface area (Å²) in [5.41, 5.74) is 4.75. The second-order valence-electron chi connectivity index (χ2n) is 11.1. The number of tetrazole rings is 1. The first-order valence-corrected chi connectivity index (χ1v) is 13.4. The zero-order valence-electron chi connectivity index (χ0n) is 23.3. The Morgan fingerprint density at radius 2 is 1.62 bits per heavy atom. The van der Waals surface area contributed by atoms with Crippen molar-refractivity contribution < 1.29 is 14.6 Å². The Labute approximate surface area is 241 Å². The number of carbonyl (C=O) groups is 1. The Kier molecular flexibility index (Phi) is 6.91. The molecule has 0 saturated carbocycles. The van der Waals surface area contributed by atoms with Crippen LogP contribution in [0.3, 0.4) is 0 Å². The zero-order chi connectivity index (χ0) is 29.3. The number of aromatic hydroxyl groups is 1. The number of hydrogen-bond donors (Lipinski definition) is 2. The normalized spacial score (nSPS) is 11.6. The standard InChI is InChI=1S/C31H28N8O3/c1-31(2,3)17-24-32-25-26(28(40)35-36-29(25)42-30(41)21-9-5-4-6-10-21)39(24)18-19-13-15-20(16-14-19)22-11-7-8-12-23(22)27-33-37-38-34-27/h4-16H,17-18H2,1-3H3,(H,35,40)(H,33,34,37,38). The van der Waals surface area contributed by atoms with Crippen LogP contribution in [-0.4, -0.2) is 51.4 Å². The number of carbonyl (C=O) groups excluding carboxylic acids is 1. The summed E-state index contributed by atoms with van der Waals surface area (Å²) in [4.78, 5) is 17.6. The number of imidazole rings is 1. The summed E-state index contributed by atoms with van der Waals surface area (Å²) in [6.07, 6.45) is 0.601. The molecule has 0 aliphatic heterocycles. The number of nitrogens with zero attached hydrogens (tertiary/aromatic N) is 7. The van der Waals surface area contributed by atoms with Gasteiger partial charge in [0.2, 0.25) is 0 Å². The number of H-pyrrole nitrogens is 1. The lowest BCUT2D eigenvalue weighted by Gasteiger charge is -2.19. The average Bonchev–Trinajstić information content (AvgIpc) is 3.64. The third-order valence-corrected chi connectivity index (χ3v) is 6.72. The molecule has 0 radical (unpaired) electrons. The minimum atomic E-state index is -0.583. The molecule has 11 nitrogen and oxygen atoms in total. The van der Waals surface area contributed by atoms with Crippen molar-refractivity contribution in [2.24, 2.45) is 5.41 Å². The van der Waals surface area contributed by atoms with Gasteiger partial charge in [-0.2, -0.15) is 0 Å². The van der Waals surface area contributed by atoms with Gasteiger partial charge in [-0.3, -0.25) is 0 Å². The van der Waals surface area contributed by atoms with Crippen molar-refractivity contribution in [3.8, 4) is 34.3 Å². The highest BCUT2D eigenvalue weighted by Gasteiger charge is 2.25. The monoisotopic (exact) mass is 560 g/mol. The van der Waals surface area contributed by atoms with Crippen LogP contribution in [0.4, 0.5) is 0 Å². The number of aromatic amines is 1. The Morgan fingerprint density at radius 1 is 0.905 bits per heavy atom. The molecule has 0 atom stereocenters. The van der Waals surface area contributed by atoms with Crippen molar-refractivity contribution in [2.75, 3.05) is 0 Å². The maximum absolute atomic E-state index is 12.8. The van der Waals surface area contributed by atoms with E-state index in [0.29, 0.717) is 35.7 Å². The van der Waals surface area contributed by atoms with Gasteiger partial charge in [0.15, 0.2) is 11.3 Å². The van der Waals surface area contributed by atoms with Crippen LogP contribution >= 0.6 is 0 Å². The molecule has 0 aliphatic carbocycles. The molecule has 3 aromatic carbocycles. The number of esters is 1. The third-order valence-electron chi connectivity index (χ3n) is 6.72. The molecular formula is C31H28N8O3. The lowest BCUT2D eigenvalue weighted by Crippen LogP contribution is -2.15. The van der Waals surface area contributed by atoms with Gasteiger partial charge in [-0.1, -0.05) is 87.5 Å². The average molecular weight is 561 g/mol. The fourth-order valence-electron chi connectivity index (χ4n) is 4.82. The number of ether oxygens (including phenoxy) is 1. The molecule has 0 fully saturated rings. The highest BCUT2D eigenvalue weighted by atomic mass is 16.5. The van der Waals surface area contributed by atoms with Gasteiger partial charge < -0.3 is 14.4 Å². The summed E-state index contributed by atoms with van der Waals surface area (Å²) < 4.78 is 7.52. The molecule has 6 aromatic rings. The van der Waals surface area contributed by atoms with Crippen LogP contribution in [0.25, 0.3) is 33.5 Å². The number of hydrogen-bond acceptors (Lipinski definition) is 9. The Balaban J connectivity index is 1.37. The van der Waals surface area contributed by atoms with Gasteiger partial charge in [0, 0.05) is 18.5 Å². The summed E-state index contributed by atoms with van der Waals surface area (Å²) >= 11 is 0. The second kappa shape index (κ2) is 10.8. The summed E-state index contributed by atoms with van der Waals surface area (Å²) in [6.45, 7) is 6.74. The van der Waals surface area contributed by atoms with Crippen LogP contribution in [0.2, 0.25) is 0 Å². The first-order valence-electron chi connectivity index (χ1n) is 13.4. The van der Waals surface area contributed by atoms with Crippen LogP contribution < -0.4 is 4.74 Å². The minimum Gasteiger partial charge on any atom is -0.491 e. The maximum atomic E-state index is 12.8. The quantitative estimate of drug-likeness (QED) is 0.251. The predicted octanol–water partition coefficient (Wildman–Crippen LogP) is 5.24. The van der Waals surface area contributed by atoms with E-state index in [1.165, 1.54) is 0 Å². The number of nitrogens with one attached hydrogen (secondary N) is 1. The molecule has 2 N–H and O–H groups in total. The van der Waals surface area contributed by atoms with E-state index in [9.17, 15) is 9.90 Å². The van der Waals surface area contributed by atoms with Gasteiger partial charge in [-0.15, -0.1) is 15.3 Å². The molecule has 0 saturated heterocycles. The molecule has 0 spiro atoms. The molecule has 3 aromatic heterocycles. The van der Waals surface area contributed by atoms with Gasteiger partial charge in [0.25, 0.3) is 11.8 Å². The van der Waals surface area contributed by atoms with Gasteiger partial charge in [-0.25, -0.2) is 14.9 Å². The smallest absolute Gasteiger partial charge is 0.344 e. The number of aromatic nitrogens is 8. The second-order valence-corrected chi connectivity index (χ2v) is 11.1. The predicted molar refractivity (Wildman–Crippen MR) is 156 cm³/mol. The van der Waals surface area contributed by atoms with E-state index in [1.54, 1.807) is 24.3 Å². The summed E-state index contributed by atoms with van der Waals surface area (Å²) in [7, 11) is 0. The minimum absolute atomic E-state index is 0.0561. The van der Waals surface area contributed by atoms with Gasteiger partial charge >= 0.3 is 5.97 Å². The lowest BCUT2D eigenvalue weighted by molar-refractivity contribution is 0.0727. The highest BCUT2D eigenvalue weighted by molar-refractivity contribution is 5.93. The molecule has 6 rings (SSSR count). The van der Waals surface area contributed by atoms with E-state index in [-0.39, 0.29) is 22.7 Å². The van der Waals surface area contributed by atoms with Gasteiger partial charge in [0.05, 0.1) is 5.56 Å². The summed E-state index contributed by atoms with van der Waals surface area (Å²) in [6, 6.07) is 24.6. The Morgan fingerprint density at radius 3 is 2.31 bits per heavy atom. The molecule has 0 aliphatic rings.